The number of hydrogen-bond donors (Lipinski definition) is 3. The minimum atomic E-state index is -1.11. The van der Waals surface area contributed by atoms with Gasteiger partial charge in [-0.15, -0.1) is 4.73 Å². The van der Waals surface area contributed by atoms with E-state index in [1.165, 1.54) is 12.1 Å². The van der Waals surface area contributed by atoms with E-state index in [4.69, 9.17) is 8.95 Å². The number of aromatic hydroxyl groups is 2. The first-order valence-electron chi connectivity index (χ1n) is 9.61. The Morgan fingerprint density at radius 1 is 1.10 bits per heavy atom. The smallest absolute Gasteiger partial charge is 0.352 e. The fourth-order valence-electron chi connectivity index (χ4n) is 3.72. The summed E-state index contributed by atoms with van der Waals surface area (Å²) < 4.78 is 6.26. The molecule has 0 atom stereocenters. The SMILES string of the molecule is Cc1c(C)c(C(=O)NCC(=O)On2c(O)ccc2O)c([SiH2]O[SiH3])c(C(C)(C)C)c1C. The Morgan fingerprint density at radius 2 is 1.67 bits per heavy atom. The summed E-state index contributed by atoms with van der Waals surface area (Å²) in [6.45, 7) is 11.9. The molecule has 0 radical (unpaired) electrons. The van der Waals surface area contributed by atoms with E-state index in [9.17, 15) is 19.8 Å². The van der Waals surface area contributed by atoms with Crippen LogP contribution in [0.1, 0.15) is 53.4 Å². The number of nitrogens with one attached hydrogen (secondary N) is 1. The largest absolute Gasteiger partial charge is 0.492 e. The summed E-state index contributed by atoms with van der Waals surface area (Å²) in [6.07, 6.45) is 0. The molecule has 0 aliphatic rings. The molecule has 0 aliphatic heterocycles. The van der Waals surface area contributed by atoms with E-state index in [1.54, 1.807) is 0 Å². The van der Waals surface area contributed by atoms with Crippen molar-refractivity contribution >= 4 is 37.3 Å². The lowest BCUT2D eigenvalue weighted by Gasteiger charge is -2.30. The Balaban J connectivity index is 2.34. The van der Waals surface area contributed by atoms with Crippen LogP contribution in [0.25, 0.3) is 0 Å². The summed E-state index contributed by atoms with van der Waals surface area (Å²) in [5.74, 6) is -2.06. The zero-order chi connectivity index (χ0) is 22.8. The molecule has 1 aromatic heterocycles. The van der Waals surface area contributed by atoms with Crippen molar-refractivity contribution in [1.82, 2.24) is 10.0 Å². The van der Waals surface area contributed by atoms with Crippen molar-refractivity contribution in [3.8, 4) is 11.8 Å². The molecule has 0 unspecified atom stereocenters. The van der Waals surface area contributed by atoms with E-state index in [0.29, 0.717) is 20.8 Å². The van der Waals surface area contributed by atoms with Crippen molar-refractivity contribution in [2.24, 2.45) is 0 Å². The maximum atomic E-state index is 13.1. The number of rotatable bonds is 6. The topological polar surface area (TPSA) is 110 Å². The number of hydrogen-bond acceptors (Lipinski definition) is 6. The number of carbonyl (C=O) groups is 2. The van der Waals surface area contributed by atoms with E-state index < -0.39 is 34.0 Å². The highest BCUT2D eigenvalue weighted by atomic mass is 28.3. The van der Waals surface area contributed by atoms with Gasteiger partial charge in [-0.1, -0.05) is 20.8 Å². The van der Waals surface area contributed by atoms with Crippen LogP contribution in [-0.4, -0.2) is 53.6 Å². The van der Waals surface area contributed by atoms with Crippen LogP contribution in [-0.2, 0) is 14.3 Å². The fourth-order valence-corrected chi connectivity index (χ4v) is 6.38. The average molecular weight is 451 g/mol. The quantitative estimate of drug-likeness (QED) is 0.513. The summed E-state index contributed by atoms with van der Waals surface area (Å²) in [4.78, 5) is 30.1. The van der Waals surface area contributed by atoms with E-state index in [0.717, 1.165) is 27.4 Å². The molecular weight excluding hydrogens is 420 g/mol. The second-order valence-electron chi connectivity index (χ2n) is 8.28. The third-order valence-electron chi connectivity index (χ3n) is 5.13. The molecular formula is C20H30N2O6Si2. The normalized spacial score (nSPS) is 11.9. The van der Waals surface area contributed by atoms with Crippen LogP contribution in [0.15, 0.2) is 12.1 Å². The van der Waals surface area contributed by atoms with Gasteiger partial charge in [0.15, 0.2) is 9.76 Å². The van der Waals surface area contributed by atoms with Crippen LogP contribution in [0, 0.1) is 20.8 Å². The molecule has 2 aromatic rings. The van der Waals surface area contributed by atoms with Crippen LogP contribution >= 0.6 is 0 Å². The fraction of sp³-hybridized carbons (Fsp3) is 0.400. The standard InChI is InChI=1S/C20H30N2O6Si2/c1-10-11(2)16(18(30-28-29)17(12(10)3)20(4,5)6)19(26)21-9-15(25)27-22-13(23)7-8-14(22)24/h7-8,23-24H,9,30H2,1-6,29H3,(H,21,26). The number of nitrogens with zero attached hydrogens (tertiary/aromatic N) is 1. The Morgan fingerprint density at radius 3 is 2.17 bits per heavy atom. The predicted octanol–water partition coefficient (Wildman–Crippen LogP) is -0.487. The van der Waals surface area contributed by atoms with E-state index in [1.807, 2.05) is 13.8 Å². The molecule has 0 fully saturated rings. The lowest BCUT2D eigenvalue weighted by molar-refractivity contribution is -0.144. The molecule has 1 aromatic carbocycles. The molecule has 1 amide bonds. The van der Waals surface area contributed by atoms with Gasteiger partial charge in [-0.25, -0.2) is 4.79 Å². The van der Waals surface area contributed by atoms with Crippen LogP contribution in [0.2, 0.25) is 0 Å². The minimum Gasteiger partial charge on any atom is -0.492 e. The Bertz CT molecular complexity index is 959. The van der Waals surface area contributed by atoms with Crippen molar-refractivity contribution in [3.05, 3.63) is 39.9 Å². The molecule has 3 N–H and O–H groups in total. The lowest BCUT2D eigenvalue weighted by atomic mass is 9.79. The molecule has 0 saturated carbocycles. The Hall–Kier alpha value is -2.57. The van der Waals surface area contributed by atoms with Gasteiger partial charge in [0.05, 0.1) is 0 Å². The first-order valence-corrected chi connectivity index (χ1v) is 11.7. The van der Waals surface area contributed by atoms with Gasteiger partial charge in [-0.05, 0) is 53.6 Å². The van der Waals surface area contributed by atoms with Crippen molar-refractivity contribution in [2.45, 2.75) is 47.0 Å². The van der Waals surface area contributed by atoms with Gasteiger partial charge in [0, 0.05) is 17.7 Å². The summed E-state index contributed by atoms with van der Waals surface area (Å²) in [5, 5.41) is 22.7. The number of benzene rings is 1. The highest BCUT2D eigenvalue weighted by Gasteiger charge is 2.28. The van der Waals surface area contributed by atoms with Crippen LogP contribution in [0.3, 0.4) is 0 Å². The summed E-state index contributed by atoms with van der Waals surface area (Å²) in [5.41, 5.74) is 4.60. The van der Waals surface area contributed by atoms with Gasteiger partial charge in [-0.2, -0.15) is 0 Å². The Labute approximate surface area is 181 Å². The highest BCUT2D eigenvalue weighted by molar-refractivity contribution is 6.53. The maximum absolute atomic E-state index is 13.1. The van der Waals surface area contributed by atoms with Crippen molar-refractivity contribution in [3.63, 3.8) is 0 Å². The second kappa shape index (κ2) is 9.06. The third kappa shape index (κ3) is 4.77. The van der Waals surface area contributed by atoms with Crippen LogP contribution in [0.5, 0.6) is 11.8 Å². The van der Waals surface area contributed by atoms with Gasteiger partial charge in [0.25, 0.3) is 5.91 Å². The minimum absolute atomic E-state index is 0.164. The molecule has 1 heterocycles. The molecule has 0 saturated heterocycles. The van der Waals surface area contributed by atoms with Gasteiger partial charge in [0.1, 0.15) is 17.0 Å². The molecule has 10 heteroatoms. The van der Waals surface area contributed by atoms with Crippen LogP contribution < -0.4 is 15.3 Å². The second-order valence-corrected chi connectivity index (χ2v) is 11.6. The van der Waals surface area contributed by atoms with Crippen molar-refractivity contribution in [2.75, 3.05) is 6.54 Å². The van der Waals surface area contributed by atoms with E-state index >= 15 is 0 Å². The van der Waals surface area contributed by atoms with Gasteiger partial charge < -0.3 is 24.5 Å². The molecule has 0 spiro atoms. The monoisotopic (exact) mass is 450 g/mol. The molecule has 0 bridgehead atoms. The van der Waals surface area contributed by atoms with Crippen molar-refractivity contribution in [1.29, 1.82) is 0 Å². The average Bonchev–Trinajstić information content (AvgIpc) is 2.95. The van der Waals surface area contributed by atoms with Gasteiger partial charge in [-0.3, -0.25) is 4.79 Å². The van der Waals surface area contributed by atoms with E-state index in [2.05, 4.69) is 33.0 Å². The molecule has 0 aliphatic carbocycles. The number of amides is 1. The van der Waals surface area contributed by atoms with Crippen molar-refractivity contribution < 1.29 is 28.8 Å². The van der Waals surface area contributed by atoms with Gasteiger partial charge >= 0.3 is 5.97 Å². The lowest BCUT2D eigenvalue weighted by Crippen LogP contribution is -2.41. The molecule has 8 nitrogen and oxygen atoms in total. The maximum Gasteiger partial charge on any atom is 0.352 e. The zero-order valence-electron chi connectivity index (χ0n) is 18.5. The summed E-state index contributed by atoms with van der Waals surface area (Å²) in [7, 11) is -0.524. The summed E-state index contributed by atoms with van der Waals surface area (Å²) >= 11 is 0. The summed E-state index contributed by atoms with van der Waals surface area (Å²) in [6, 6.07) is 2.36. The molecule has 30 heavy (non-hydrogen) atoms. The predicted molar refractivity (Wildman–Crippen MR) is 120 cm³/mol. The number of aromatic nitrogens is 1. The third-order valence-corrected chi connectivity index (χ3v) is 7.28. The highest BCUT2D eigenvalue weighted by Crippen LogP contribution is 2.29. The first kappa shape index (κ1) is 23.7. The first-order chi connectivity index (χ1) is 13.9. The zero-order valence-corrected chi connectivity index (χ0v) is 22.0. The van der Waals surface area contributed by atoms with E-state index in [-0.39, 0.29) is 11.3 Å². The van der Waals surface area contributed by atoms with Gasteiger partial charge in [0.2, 0.25) is 11.8 Å². The Kier molecular flexibility index (Phi) is 7.16. The van der Waals surface area contributed by atoms with Crippen LogP contribution in [0.4, 0.5) is 0 Å². The number of carbonyl (C=O) groups excluding carboxylic acids is 2. The molecule has 164 valence electrons. The molecule has 2 rings (SSSR count).